The molecule has 0 spiro atoms. The molecule has 3 rings (SSSR count). The zero-order valence-electron chi connectivity index (χ0n) is 16.9. The Morgan fingerprint density at radius 3 is 2.66 bits per heavy atom. The Hall–Kier alpha value is -2.90. The zero-order valence-corrected chi connectivity index (χ0v) is 16.9. The van der Waals surface area contributed by atoms with Crippen LogP contribution in [-0.2, 0) is 11.3 Å². The van der Waals surface area contributed by atoms with Gasteiger partial charge in [-0.05, 0) is 39.0 Å². The summed E-state index contributed by atoms with van der Waals surface area (Å²) in [6.45, 7) is 6.74. The molecule has 0 fully saturated rings. The van der Waals surface area contributed by atoms with E-state index in [0.29, 0.717) is 19.6 Å². The van der Waals surface area contributed by atoms with Crippen molar-refractivity contribution in [2.24, 2.45) is 0 Å². The summed E-state index contributed by atoms with van der Waals surface area (Å²) in [6, 6.07) is 5.88. The van der Waals surface area contributed by atoms with Crippen LogP contribution in [0.15, 0.2) is 36.5 Å². The second kappa shape index (κ2) is 8.63. The van der Waals surface area contributed by atoms with Crippen LogP contribution in [0.25, 0.3) is 0 Å². The summed E-state index contributed by atoms with van der Waals surface area (Å²) < 4.78 is 30.0. The van der Waals surface area contributed by atoms with Crippen LogP contribution in [0, 0.1) is 11.6 Å². The highest BCUT2D eigenvalue weighted by molar-refractivity contribution is 5.85. The number of fused-ring (bicyclic) bond motifs is 1. The molecule has 1 aromatic heterocycles. The minimum absolute atomic E-state index is 0.122. The van der Waals surface area contributed by atoms with Gasteiger partial charge >= 0.3 is 6.03 Å². The topological polar surface area (TPSA) is 57.6 Å². The first-order valence-corrected chi connectivity index (χ1v) is 9.77. The fourth-order valence-corrected chi connectivity index (χ4v) is 3.68. The van der Waals surface area contributed by atoms with E-state index in [4.69, 9.17) is 0 Å². The third kappa shape index (κ3) is 4.26. The van der Waals surface area contributed by atoms with E-state index in [0.717, 1.165) is 11.8 Å². The molecule has 0 bridgehead atoms. The fourth-order valence-electron chi connectivity index (χ4n) is 3.68. The van der Waals surface area contributed by atoms with Crippen LogP contribution in [0.2, 0.25) is 0 Å². The van der Waals surface area contributed by atoms with Crippen molar-refractivity contribution in [1.29, 1.82) is 0 Å². The van der Waals surface area contributed by atoms with Gasteiger partial charge in [0, 0.05) is 49.2 Å². The summed E-state index contributed by atoms with van der Waals surface area (Å²) in [5.74, 6) is -1.66. The molecular weight excluding hydrogens is 378 g/mol. The first-order chi connectivity index (χ1) is 13.8. The van der Waals surface area contributed by atoms with Crippen molar-refractivity contribution in [2.45, 2.75) is 39.4 Å². The normalized spacial score (nSPS) is 15.9. The van der Waals surface area contributed by atoms with E-state index in [9.17, 15) is 18.4 Å². The molecule has 1 N–H and O–H groups in total. The number of hydrogen-bond donors (Lipinski definition) is 1. The highest BCUT2D eigenvalue weighted by Gasteiger charge is 2.35. The Balaban J connectivity index is 1.94. The molecule has 0 saturated carbocycles. The molecule has 1 atom stereocenters. The lowest BCUT2D eigenvalue weighted by molar-refractivity contribution is -0.134. The summed E-state index contributed by atoms with van der Waals surface area (Å²) in [5, 5.41) is 2.72. The lowest BCUT2D eigenvalue weighted by Crippen LogP contribution is -2.51. The van der Waals surface area contributed by atoms with Crippen LogP contribution in [0.1, 0.15) is 38.1 Å². The van der Waals surface area contributed by atoms with Crippen molar-refractivity contribution < 1.29 is 18.4 Å². The average Bonchev–Trinajstić information content (AvgIpc) is 3.14. The van der Waals surface area contributed by atoms with E-state index in [2.05, 4.69) is 5.32 Å². The van der Waals surface area contributed by atoms with Crippen molar-refractivity contribution in [3.8, 4) is 0 Å². The summed E-state index contributed by atoms with van der Waals surface area (Å²) in [7, 11) is 0. The van der Waals surface area contributed by atoms with Gasteiger partial charge in [0.05, 0.1) is 0 Å². The Labute approximate surface area is 169 Å². The maximum absolute atomic E-state index is 14.6. The smallest absolute Gasteiger partial charge is 0.318 e. The Kier molecular flexibility index (Phi) is 6.20. The van der Waals surface area contributed by atoms with Gasteiger partial charge in [0.15, 0.2) is 0 Å². The second-order valence-electron chi connectivity index (χ2n) is 7.34. The second-order valence-corrected chi connectivity index (χ2v) is 7.34. The van der Waals surface area contributed by atoms with E-state index in [-0.39, 0.29) is 30.1 Å². The van der Waals surface area contributed by atoms with Gasteiger partial charge in [-0.25, -0.2) is 13.6 Å². The van der Waals surface area contributed by atoms with E-state index in [1.54, 1.807) is 4.90 Å². The maximum atomic E-state index is 14.6. The van der Waals surface area contributed by atoms with Gasteiger partial charge in [0.1, 0.15) is 24.2 Å². The predicted molar refractivity (Wildman–Crippen MR) is 105 cm³/mol. The van der Waals surface area contributed by atoms with Crippen LogP contribution < -0.4 is 5.32 Å². The molecule has 2 heterocycles. The third-order valence-electron chi connectivity index (χ3n) is 5.13. The van der Waals surface area contributed by atoms with E-state index in [1.807, 2.05) is 43.7 Å². The quantitative estimate of drug-likeness (QED) is 0.833. The minimum atomic E-state index is -0.702. The highest BCUT2D eigenvalue weighted by atomic mass is 19.1. The monoisotopic (exact) mass is 404 g/mol. The van der Waals surface area contributed by atoms with Crippen molar-refractivity contribution in [3.05, 3.63) is 59.4 Å². The number of urea groups is 1. The van der Waals surface area contributed by atoms with Gasteiger partial charge in [-0.3, -0.25) is 4.79 Å². The number of aromatic nitrogens is 1. The molecule has 156 valence electrons. The van der Waals surface area contributed by atoms with E-state index in [1.165, 1.54) is 17.0 Å². The largest absolute Gasteiger partial charge is 0.348 e. The molecule has 0 saturated heterocycles. The molecule has 3 amide bonds. The number of rotatable bonds is 5. The summed E-state index contributed by atoms with van der Waals surface area (Å²) in [4.78, 5) is 28.6. The van der Waals surface area contributed by atoms with E-state index < -0.39 is 17.7 Å². The first kappa shape index (κ1) is 20.8. The van der Waals surface area contributed by atoms with Gasteiger partial charge in [-0.15, -0.1) is 0 Å². The lowest BCUT2D eigenvalue weighted by atomic mass is 9.99. The van der Waals surface area contributed by atoms with Gasteiger partial charge in [0.2, 0.25) is 5.91 Å². The van der Waals surface area contributed by atoms with Gasteiger partial charge in [-0.2, -0.15) is 0 Å². The molecule has 1 aromatic carbocycles. The Morgan fingerprint density at radius 1 is 1.24 bits per heavy atom. The SMILES string of the molecule is CCNC(=O)N(CC(=O)N1CCn2cccc2C1c1ccc(F)cc1F)C(C)C. The molecule has 1 unspecified atom stereocenters. The Bertz CT molecular complexity index is 897. The summed E-state index contributed by atoms with van der Waals surface area (Å²) >= 11 is 0. The minimum Gasteiger partial charge on any atom is -0.348 e. The molecule has 6 nitrogen and oxygen atoms in total. The van der Waals surface area contributed by atoms with Crippen LogP contribution in [0.5, 0.6) is 0 Å². The van der Waals surface area contributed by atoms with Crippen molar-refractivity contribution >= 4 is 11.9 Å². The molecule has 0 radical (unpaired) electrons. The molecule has 2 aromatic rings. The summed E-state index contributed by atoms with van der Waals surface area (Å²) in [6.07, 6.45) is 1.88. The number of amides is 3. The summed E-state index contributed by atoms with van der Waals surface area (Å²) in [5.41, 5.74) is 0.984. The number of benzene rings is 1. The standard InChI is InChI=1S/C21H26F2N4O2/c1-4-24-21(29)27(14(2)3)13-19(28)26-11-10-25-9-5-6-18(25)20(26)16-8-7-15(22)12-17(16)23/h5-9,12,14,20H,4,10-11,13H2,1-3H3,(H,24,29). The third-order valence-corrected chi connectivity index (χ3v) is 5.13. The van der Waals surface area contributed by atoms with Crippen LogP contribution in [0.3, 0.4) is 0 Å². The molecule has 8 heteroatoms. The van der Waals surface area contributed by atoms with Crippen LogP contribution in [0.4, 0.5) is 13.6 Å². The molecule has 0 aliphatic carbocycles. The number of nitrogens with zero attached hydrogens (tertiary/aromatic N) is 3. The highest BCUT2D eigenvalue weighted by Crippen LogP contribution is 2.34. The predicted octanol–water partition coefficient (Wildman–Crippen LogP) is 3.14. The number of carbonyl (C=O) groups is 2. The molecular formula is C21H26F2N4O2. The van der Waals surface area contributed by atoms with Crippen LogP contribution in [-0.4, -0.2) is 52.0 Å². The fraction of sp³-hybridized carbons (Fsp3) is 0.429. The number of hydrogen-bond acceptors (Lipinski definition) is 2. The molecule has 29 heavy (non-hydrogen) atoms. The van der Waals surface area contributed by atoms with Gasteiger partial charge in [-0.1, -0.05) is 6.07 Å². The first-order valence-electron chi connectivity index (χ1n) is 9.77. The maximum Gasteiger partial charge on any atom is 0.318 e. The van der Waals surface area contributed by atoms with Gasteiger partial charge < -0.3 is 19.7 Å². The number of halogens is 2. The van der Waals surface area contributed by atoms with Crippen molar-refractivity contribution in [3.63, 3.8) is 0 Å². The van der Waals surface area contributed by atoms with E-state index >= 15 is 0 Å². The Morgan fingerprint density at radius 2 is 2.00 bits per heavy atom. The number of carbonyl (C=O) groups excluding carboxylic acids is 2. The lowest BCUT2D eigenvalue weighted by Gasteiger charge is -2.39. The number of nitrogens with one attached hydrogen (secondary N) is 1. The van der Waals surface area contributed by atoms with Crippen LogP contribution >= 0.6 is 0 Å². The van der Waals surface area contributed by atoms with Crippen molar-refractivity contribution in [2.75, 3.05) is 19.6 Å². The molecule has 1 aliphatic heterocycles. The van der Waals surface area contributed by atoms with Gasteiger partial charge in [0.25, 0.3) is 0 Å². The molecule has 1 aliphatic rings. The van der Waals surface area contributed by atoms with Crippen molar-refractivity contribution in [1.82, 2.24) is 19.7 Å². The average molecular weight is 404 g/mol. The zero-order chi connectivity index (χ0) is 21.1.